The van der Waals surface area contributed by atoms with E-state index in [1.807, 2.05) is 12.1 Å². The minimum Gasteiger partial charge on any atom is -0.508 e. The molecule has 104 valence electrons. The lowest BCUT2D eigenvalue weighted by molar-refractivity contribution is 0.274. The molecule has 1 fully saturated rings. The van der Waals surface area contributed by atoms with Gasteiger partial charge in [0.25, 0.3) is 0 Å². The van der Waals surface area contributed by atoms with Crippen LogP contribution in [0.1, 0.15) is 0 Å². The van der Waals surface area contributed by atoms with Crippen LogP contribution in [0, 0.1) is 0 Å². The van der Waals surface area contributed by atoms with E-state index >= 15 is 0 Å². The van der Waals surface area contributed by atoms with Crippen LogP contribution in [-0.2, 0) is 0 Å². The lowest BCUT2D eigenvalue weighted by atomic mass is 10.2. The van der Waals surface area contributed by atoms with Crippen LogP contribution in [0.4, 0.5) is 5.69 Å². The second-order valence-electron chi connectivity index (χ2n) is 4.03. The summed E-state index contributed by atoms with van der Waals surface area (Å²) in [5.41, 5.74) is 1.20. The first-order chi connectivity index (χ1) is 7.79. The van der Waals surface area contributed by atoms with Gasteiger partial charge in [-0.1, -0.05) is 15.9 Å². The van der Waals surface area contributed by atoms with Gasteiger partial charge in [0.15, 0.2) is 0 Å². The van der Waals surface area contributed by atoms with Gasteiger partial charge in [-0.25, -0.2) is 0 Å². The fourth-order valence-electron chi connectivity index (χ4n) is 2.01. The Morgan fingerprint density at radius 1 is 1.00 bits per heavy atom. The zero-order chi connectivity index (χ0) is 11.4. The van der Waals surface area contributed by atoms with E-state index in [0.717, 1.165) is 38.1 Å². The molecule has 1 saturated heterocycles. The molecule has 1 N–H and O–H groups in total. The van der Waals surface area contributed by atoms with Gasteiger partial charge in [0.2, 0.25) is 0 Å². The van der Waals surface area contributed by atoms with Gasteiger partial charge in [-0.15, -0.1) is 34.0 Å². The number of benzene rings is 1. The molecule has 0 unspecified atom stereocenters. The SMILES string of the molecule is Br.Br.Oc1ccc(N2CCN(CCBr)CC2)cc1. The Morgan fingerprint density at radius 3 is 2.06 bits per heavy atom. The molecule has 0 spiro atoms. The largest absolute Gasteiger partial charge is 0.508 e. The zero-order valence-electron chi connectivity index (χ0n) is 10.1. The number of alkyl halides is 1. The van der Waals surface area contributed by atoms with Gasteiger partial charge in [0.1, 0.15) is 5.75 Å². The molecule has 0 atom stereocenters. The van der Waals surface area contributed by atoms with E-state index in [9.17, 15) is 5.11 Å². The molecule has 2 rings (SSSR count). The summed E-state index contributed by atoms with van der Waals surface area (Å²) < 4.78 is 0. The Hall–Kier alpha value is 0.220. The Balaban J connectivity index is 0.00000144. The highest BCUT2D eigenvalue weighted by Crippen LogP contribution is 2.19. The third-order valence-corrected chi connectivity index (χ3v) is 3.34. The average molecular weight is 447 g/mol. The smallest absolute Gasteiger partial charge is 0.115 e. The molecule has 0 radical (unpaired) electrons. The second kappa shape index (κ2) is 9.18. The Morgan fingerprint density at radius 2 is 1.56 bits per heavy atom. The highest BCUT2D eigenvalue weighted by molar-refractivity contribution is 9.09. The van der Waals surface area contributed by atoms with Crippen molar-refractivity contribution in [1.29, 1.82) is 0 Å². The van der Waals surface area contributed by atoms with Crippen molar-refractivity contribution in [3.63, 3.8) is 0 Å². The molecule has 18 heavy (non-hydrogen) atoms. The summed E-state index contributed by atoms with van der Waals surface area (Å²) >= 11 is 3.47. The van der Waals surface area contributed by atoms with Gasteiger partial charge in [-0.3, -0.25) is 4.90 Å². The summed E-state index contributed by atoms with van der Waals surface area (Å²) in [7, 11) is 0. The van der Waals surface area contributed by atoms with Crippen molar-refractivity contribution < 1.29 is 5.11 Å². The second-order valence-corrected chi connectivity index (χ2v) is 4.83. The van der Waals surface area contributed by atoms with E-state index in [1.54, 1.807) is 12.1 Å². The number of phenols is 1. The van der Waals surface area contributed by atoms with E-state index in [2.05, 4.69) is 25.7 Å². The standard InChI is InChI=1S/C12H17BrN2O.2BrH/c13-5-6-14-7-9-15(10-8-14)11-1-3-12(16)4-2-11;;/h1-4,16H,5-10H2;2*1H. The van der Waals surface area contributed by atoms with E-state index in [0.29, 0.717) is 5.75 Å². The van der Waals surface area contributed by atoms with Gasteiger partial charge in [-0.2, -0.15) is 0 Å². The molecule has 0 aliphatic carbocycles. The van der Waals surface area contributed by atoms with Gasteiger partial charge < -0.3 is 10.0 Å². The third-order valence-electron chi connectivity index (χ3n) is 2.99. The summed E-state index contributed by atoms with van der Waals surface area (Å²) in [4.78, 5) is 4.83. The number of nitrogens with zero attached hydrogens (tertiary/aromatic N) is 2. The number of halogens is 3. The first-order valence-corrected chi connectivity index (χ1v) is 6.74. The highest BCUT2D eigenvalue weighted by Gasteiger charge is 2.16. The van der Waals surface area contributed by atoms with Crippen LogP contribution in [0.5, 0.6) is 5.75 Å². The quantitative estimate of drug-likeness (QED) is 0.723. The van der Waals surface area contributed by atoms with Crippen molar-refractivity contribution in [1.82, 2.24) is 4.90 Å². The number of rotatable bonds is 3. The van der Waals surface area contributed by atoms with Crippen molar-refractivity contribution in [3.8, 4) is 5.75 Å². The predicted octanol–water partition coefficient (Wildman–Crippen LogP) is 3.06. The summed E-state index contributed by atoms with van der Waals surface area (Å²) in [5.74, 6) is 0.335. The maximum absolute atomic E-state index is 9.24. The molecular formula is C12H19Br3N2O. The van der Waals surface area contributed by atoms with Crippen molar-refractivity contribution in [3.05, 3.63) is 24.3 Å². The summed E-state index contributed by atoms with van der Waals surface area (Å²) in [6.07, 6.45) is 0. The molecule has 1 aromatic carbocycles. The van der Waals surface area contributed by atoms with Gasteiger partial charge >= 0.3 is 0 Å². The highest BCUT2D eigenvalue weighted by atomic mass is 79.9. The van der Waals surface area contributed by atoms with Crippen LogP contribution in [0.15, 0.2) is 24.3 Å². The number of hydrogen-bond acceptors (Lipinski definition) is 3. The number of aromatic hydroxyl groups is 1. The zero-order valence-corrected chi connectivity index (χ0v) is 15.1. The lowest BCUT2D eigenvalue weighted by Gasteiger charge is -2.35. The van der Waals surface area contributed by atoms with E-state index in [4.69, 9.17) is 0 Å². The van der Waals surface area contributed by atoms with Crippen LogP contribution < -0.4 is 4.90 Å². The molecule has 1 heterocycles. The lowest BCUT2D eigenvalue weighted by Crippen LogP contribution is -2.46. The van der Waals surface area contributed by atoms with Crippen LogP contribution >= 0.6 is 49.9 Å². The maximum Gasteiger partial charge on any atom is 0.115 e. The fourth-order valence-corrected chi connectivity index (χ4v) is 2.51. The van der Waals surface area contributed by atoms with Gasteiger partial charge in [-0.05, 0) is 24.3 Å². The Labute approximate surface area is 138 Å². The van der Waals surface area contributed by atoms with E-state index in [1.165, 1.54) is 5.69 Å². The van der Waals surface area contributed by atoms with Crippen molar-refractivity contribution >= 4 is 55.6 Å². The first-order valence-electron chi connectivity index (χ1n) is 5.62. The van der Waals surface area contributed by atoms with Crippen LogP contribution in [-0.4, -0.2) is 48.1 Å². The van der Waals surface area contributed by atoms with E-state index in [-0.39, 0.29) is 34.0 Å². The molecule has 6 heteroatoms. The molecule has 1 aromatic rings. The van der Waals surface area contributed by atoms with Crippen LogP contribution in [0.25, 0.3) is 0 Å². The molecule has 1 aliphatic rings. The number of anilines is 1. The van der Waals surface area contributed by atoms with E-state index < -0.39 is 0 Å². The molecule has 3 nitrogen and oxygen atoms in total. The van der Waals surface area contributed by atoms with Gasteiger partial charge in [0, 0.05) is 43.7 Å². The normalized spacial score (nSPS) is 15.7. The molecule has 0 saturated carbocycles. The monoisotopic (exact) mass is 444 g/mol. The maximum atomic E-state index is 9.24. The minimum atomic E-state index is 0. The number of piperazine rings is 1. The molecule has 0 amide bonds. The van der Waals surface area contributed by atoms with Crippen molar-refractivity contribution in [2.75, 3.05) is 43.0 Å². The molecule has 0 aromatic heterocycles. The predicted molar refractivity (Wildman–Crippen MR) is 91.2 cm³/mol. The van der Waals surface area contributed by atoms with Crippen molar-refractivity contribution in [2.45, 2.75) is 0 Å². The third kappa shape index (κ3) is 5.07. The Bertz CT molecular complexity index is 327. The van der Waals surface area contributed by atoms with Crippen LogP contribution in [0.3, 0.4) is 0 Å². The average Bonchev–Trinajstić information content (AvgIpc) is 2.32. The summed E-state index contributed by atoms with van der Waals surface area (Å²) in [5, 5.41) is 10.3. The molecule has 0 bridgehead atoms. The summed E-state index contributed by atoms with van der Waals surface area (Å²) in [6.45, 7) is 5.50. The molecular weight excluding hydrogens is 428 g/mol. The number of phenolic OH excluding ortho intramolecular Hbond substituents is 1. The number of hydrogen-bond donors (Lipinski definition) is 1. The first kappa shape index (κ1) is 18.2. The fraction of sp³-hybridized carbons (Fsp3) is 0.500. The topological polar surface area (TPSA) is 26.7 Å². The van der Waals surface area contributed by atoms with Crippen molar-refractivity contribution in [2.24, 2.45) is 0 Å². The summed E-state index contributed by atoms with van der Waals surface area (Å²) in [6, 6.07) is 7.46. The minimum absolute atomic E-state index is 0. The Kier molecular flexibility index (Phi) is 9.29. The van der Waals surface area contributed by atoms with Gasteiger partial charge in [0.05, 0.1) is 0 Å². The van der Waals surface area contributed by atoms with Crippen LogP contribution in [0.2, 0.25) is 0 Å². The molecule has 1 aliphatic heterocycles.